The van der Waals surface area contributed by atoms with E-state index in [1.807, 2.05) is 0 Å². The lowest BCUT2D eigenvalue weighted by atomic mass is 9.82. The summed E-state index contributed by atoms with van der Waals surface area (Å²) in [7, 11) is 0. The van der Waals surface area contributed by atoms with Gasteiger partial charge in [0.1, 0.15) is 0 Å². The highest BCUT2D eigenvalue weighted by atomic mass is 14.2. The molecule has 0 N–H and O–H groups in total. The quantitative estimate of drug-likeness (QED) is 0.497. The van der Waals surface area contributed by atoms with Gasteiger partial charge in [-0.15, -0.1) is 0 Å². The smallest absolute Gasteiger partial charge is 0.0414 e. The molecule has 3 unspecified atom stereocenters. The Morgan fingerprint density at radius 3 is 1.80 bits per heavy atom. The molecule has 0 rings (SSSR count). The molecule has 0 aromatic heterocycles. The summed E-state index contributed by atoms with van der Waals surface area (Å²) in [6.45, 7) is 14.3. The normalized spacial score (nSPS) is 17.8. The topological polar surface area (TPSA) is 0 Å². The fourth-order valence-corrected chi connectivity index (χ4v) is 2.51. The van der Waals surface area contributed by atoms with E-state index in [1.54, 1.807) is 0 Å². The SMILES string of the molecule is CCCCC(C)CC(C)C(C)CC(C)C. The molecule has 0 heteroatoms. The molecule has 92 valence electrons. The maximum absolute atomic E-state index is 2.44. The van der Waals surface area contributed by atoms with E-state index in [0.717, 1.165) is 23.7 Å². The highest BCUT2D eigenvalue weighted by Crippen LogP contribution is 2.27. The van der Waals surface area contributed by atoms with Gasteiger partial charge in [0.05, 0.1) is 0 Å². The molecule has 0 fully saturated rings. The second kappa shape index (κ2) is 8.19. The molecule has 0 spiro atoms. The molecule has 0 radical (unpaired) electrons. The molecular weight excluding hydrogens is 180 g/mol. The standard InChI is InChI=1S/C15H32/c1-7-8-9-13(4)11-15(6)14(5)10-12(2)3/h12-15H,7-11H2,1-6H3. The average molecular weight is 212 g/mol. The zero-order valence-corrected chi connectivity index (χ0v) is 11.8. The Kier molecular flexibility index (Phi) is 8.19. The van der Waals surface area contributed by atoms with Crippen molar-refractivity contribution in [3.05, 3.63) is 0 Å². The van der Waals surface area contributed by atoms with Crippen LogP contribution < -0.4 is 0 Å². The van der Waals surface area contributed by atoms with Crippen LogP contribution >= 0.6 is 0 Å². The van der Waals surface area contributed by atoms with E-state index in [-0.39, 0.29) is 0 Å². The Hall–Kier alpha value is 0. The molecule has 3 atom stereocenters. The molecule has 0 bridgehead atoms. The van der Waals surface area contributed by atoms with Gasteiger partial charge in [-0.25, -0.2) is 0 Å². The summed E-state index contributed by atoms with van der Waals surface area (Å²) in [6.07, 6.45) is 7.00. The zero-order chi connectivity index (χ0) is 11.8. The van der Waals surface area contributed by atoms with Gasteiger partial charge >= 0.3 is 0 Å². The molecule has 15 heavy (non-hydrogen) atoms. The van der Waals surface area contributed by atoms with Gasteiger partial charge < -0.3 is 0 Å². The van der Waals surface area contributed by atoms with Crippen molar-refractivity contribution < 1.29 is 0 Å². The average Bonchev–Trinajstić information content (AvgIpc) is 2.13. The van der Waals surface area contributed by atoms with Gasteiger partial charge in [-0.1, -0.05) is 60.8 Å². The second-order valence-corrected chi connectivity index (χ2v) is 6.07. The van der Waals surface area contributed by atoms with Crippen molar-refractivity contribution in [2.75, 3.05) is 0 Å². The van der Waals surface area contributed by atoms with E-state index in [4.69, 9.17) is 0 Å². The van der Waals surface area contributed by atoms with E-state index in [1.165, 1.54) is 32.1 Å². The van der Waals surface area contributed by atoms with E-state index in [9.17, 15) is 0 Å². The Morgan fingerprint density at radius 2 is 1.33 bits per heavy atom. The van der Waals surface area contributed by atoms with Gasteiger partial charge in [-0.2, -0.15) is 0 Å². The van der Waals surface area contributed by atoms with Crippen LogP contribution in [0, 0.1) is 23.7 Å². The van der Waals surface area contributed by atoms with Gasteiger partial charge in [0.15, 0.2) is 0 Å². The Balaban J connectivity index is 3.74. The number of unbranched alkanes of at least 4 members (excludes halogenated alkanes) is 1. The first-order chi connectivity index (χ1) is 6.97. The first kappa shape index (κ1) is 15.0. The van der Waals surface area contributed by atoms with Gasteiger partial charge in [-0.3, -0.25) is 0 Å². The molecule has 0 saturated carbocycles. The molecule has 0 aliphatic rings. The van der Waals surface area contributed by atoms with Crippen molar-refractivity contribution in [3.63, 3.8) is 0 Å². The lowest BCUT2D eigenvalue weighted by Gasteiger charge is -2.24. The highest BCUT2D eigenvalue weighted by molar-refractivity contribution is 4.67. The van der Waals surface area contributed by atoms with Gasteiger partial charge in [-0.05, 0) is 36.5 Å². The fourth-order valence-electron chi connectivity index (χ4n) is 2.51. The van der Waals surface area contributed by atoms with Crippen molar-refractivity contribution in [3.8, 4) is 0 Å². The molecule has 0 nitrogen and oxygen atoms in total. The van der Waals surface area contributed by atoms with E-state index in [0.29, 0.717) is 0 Å². The molecule has 0 aliphatic carbocycles. The van der Waals surface area contributed by atoms with Crippen LogP contribution in [0.25, 0.3) is 0 Å². The minimum atomic E-state index is 0.855. The summed E-state index contributed by atoms with van der Waals surface area (Å²) in [5, 5.41) is 0. The van der Waals surface area contributed by atoms with Gasteiger partial charge in [0.25, 0.3) is 0 Å². The first-order valence-electron chi connectivity index (χ1n) is 6.97. The van der Waals surface area contributed by atoms with Crippen LogP contribution in [0.3, 0.4) is 0 Å². The van der Waals surface area contributed by atoms with Crippen molar-refractivity contribution in [1.82, 2.24) is 0 Å². The van der Waals surface area contributed by atoms with Crippen LogP contribution in [0.2, 0.25) is 0 Å². The predicted octanol–water partition coefficient (Wildman–Crippen LogP) is 5.52. The Bertz CT molecular complexity index is 137. The summed E-state index contributed by atoms with van der Waals surface area (Å²) in [6, 6.07) is 0. The minimum Gasteiger partial charge on any atom is -0.0654 e. The minimum absolute atomic E-state index is 0.855. The fraction of sp³-hybridized carbons (Fsp3) is 1.00. The van der Waals surface area contributed by atoms with Crippen LogP contribution in [0.5, 0.6) is 0 Å². The summed E-state index contributed by atoms with van der Waals surface area (Å²) in [4.78, 5) is 0. The van der Waals surface area contributed by atoms with E-state index >= 15 is 0 Å². The van der Waals surface area contributed by atoms with E-state index < -0.39 is 0 Å². The number of hydrogen-bond donors (Lipinski definition) is 0. The predicted molar refractivity (Wildman–Crippen MR) is 71.1 cm³/mol. The third-order valence-electron chi connectivity index (χ3n) is 3.64. The lowest BCUT2D eigenvalue weighted by molar-refractivity contribution is 0.268. The van der Waals surface area contributed by atoms with Gasteiger partial charge in [0.2, 0.25) is 0 Å². The summed E-state index contributed by atoms with van der Waals surface area (Å²) < 4.78 is 0. The molecule has 0 aromatic rings. The van der Waals surface area contributed by atoms with Crippen LogP contribution in [-0.4, -0.2) is 0 Å². The van der Waals surface area contributed by atoms with Crippen molar-refractivity contribution in [2.24, 2.45) is 23.7 Å². The van der Waals surface area contributed by atoms with Crippen LogP contribution in [0.4, 0.5) is 0 Å². The third-order valence-corrected chi connectivity index (χ3v) is 3.64. The van der Waals surface area contributed by atoms with Crippen LogP contribution in [-0.2, 0) is 0 Å². The molecule has 0 aliphatic heterocycles. The zero-order valence-electron chi connectivity index (χ0n) is 11.8. The summed E-state index contributed by atoms with van der Waals surface area (Å²) >= 11 is 0. The first-order valence-corrected chi connectivity index (χ1v) is 6.97. The van der Waals surface area contributed by atoms with Crippen molar-refractivity contribution in [1.29, 1.82) is 0 Å². The largest absolute Gasteiger partial charge is 0.0654 e. The maximum atomic E-state index is 2.44. The van der Waals surface area contributed by atoms with E-state index in [2.05, 4.69) is 41.5 Å². The monoisotopic (exact) mass is 212 g/mol. The molecule has 0 saturated heterocycles. The number of rotatable bonds is 8. The van der Waals surface area contributed by atoms with Crippen LogP contribution in [0.1, 0.15) is 73.6 Å². The van der Waals surface area contributed by atoms with Crippen molar-refractivity contribution in [2.45, 2.75) is 73.6 Å². The molecule has 0 aromatic carbocycles. The number of hydrogen-bond acceptors (Lipinski definition) is 0. The molecular formula is C15H32. The summed E-state index contributed by atoms with van der Waals surface area (Å²) in [5.41, 5.74) is 0. The Morgan fingerprint density at radius 1 is 0.800 bits per heavy atom. The molecule has 0 heterocycles. The van der Waals surface area contributed by atoms with Crippen LogP contribution in [0.15, 0.2) is 0 Å². The highest BCUT2D eigenvalue weighted by Gasteiger charge is 2.16. The Labute approximate surface area is 97.8 Å². The molecule has 0 amide bonds. The second-order valence-electron chi connectivity index (χ2n) is 6.07. The van der Waals surface area contributed by atoms with Crippen molar-refractivity contribution >= 4 is 0 Å². The maximum Gasteiger partial charge on any atom is -0.0414 e. The van der Waals surface area contributed by atoms with Gasteiger partial charge in [0, 0.05) is 0 Å². The summed E-state index contributed by atoms with van der Waals surface area (Å²) in [5.74, 6) is 3.58. The third kappa shape index (κ3) is 7.88. The lowest BCUT2D eigenvalue weighted by Crippen LogP contribution is -2.14.